The van der Waals surface area contributed by atoms with E-state index < -0.39 is 34.8 Å². The molecule has 0 atom stereocenters. The van der Waals surface area contributed by atoms with Gasteiger partial charge in [-0.15, -0.1) is 0 Å². The first-order valence-corrected chi connectivity index (χ1v) is 3.82. The highest BCUT2D eigenvalue weighted by atomic mass is 35.5. The monoisotopic (exact) mass is 249 g/mol. The molecule has 0 fully saturated rings. The lowest BCUT2D eigenvalue weighted by Crippen LogP contribution is -2.11. The van der Waals surface area contributed by atoms with Crippen LogP contribution in [0.3, 0.4) is 0 Å². The lowest BCUT2D eigenvalue weighted by molar-refractivity contribution is -0.141. The standard InChI is InChI=1S/C7H2ClF6N/c8-4-2(6(10)11)1-3(9)15-5(4)7(12,13)14/h1,6H. The van der Waals surface area contributed by atoms with Gasteiger partial charge in [0, 0.05) is 11.6 Å². The number of alkyl halides is 5. The van der Waals surface area contributed by atoms with E-state index in [0.29, 0.717) is 0 Å². The van der Waals surface area contributed by atoms with E-state index >= 15 is 0 Å². The summed E-state index contributed by atoms with van der Waals surface area (Å²) in [4.78, 5) is 2.43. The van der Waals surface area contributed by atoms with Gasteiger partial charge in [-0.2, -0.15) is 17.6 Å². The van der Waals surface area contributed by atoms with E-state index in [1.54, 1.807) is 0 Å². The van der Waals surface area contributed by atoms with Gasteiger partial charge >= 0.3 is 6.18 Å². The Hall–Kier alpha value is -0.980. The van der Waals surface area contributed by atoms with Crippen molar-refractivity contribution in [3.05, 3.63) is 28.3 Å². The molecular formula is C7H2ClF6N. The molecule has 0 saturated carbocycles. The molecule has 1 heterocycles. The van der Waals surface area contributed by atoms with Crippen molar-refractivity contribution in [1.82, 2.24) is 4.98 Å². The van der Waals surface area contributed by atoms with Crippen LogP contribution in [-0.2, 0) is 6.18 Å². The van der Waals surface area contributed by atoms with Crippen LogP contribution in [0, 0.1) is 5.95 Å². The van der Waals surface area contributed by atoms with Crippen molar-refractivity contribution in [2.24, 2.45) is 0 Å². The van der Waals surface area contributed by atoms with Gasteiger partial charge in [-0.3, -0.25) is 0 Å². The van der Waals surface area contributed by atoms with Crippen molar-refractivity contribution in [2.45, 2.75) is 12.6 Å². The smallest absolute Gasteiger partial charge is 0.214 e. The third-order valence-electron chi connectivity index (χ3n) is 1.46. The van der Waals surface area contributed by atoms with Crippen LogP contribution in [0.15, 0.2) is 6.07 Å². The lowest BCUT2D eigenvalue weighted by Gasteiger charge is -2.10. The Morgan fingerprint density at radius 1 is 1.27 bits per heavy atom. The summed E-state index contributed by atoms with van der Waals surface area (Å²) in [5, 5.41) is -1.28. The van der Waals surface area contributed by atoms with Crippen LogP contribution in [0.25, 0.3) is 0 Å². The third-order valence-corrected chi connectivity index (χ3v) is 1.86. The zero-order valence-electron chi connectivity index (χ0n) is 6.75. The molecule has 0 unspecified atom stereocenters. The van der Waals surface area contributed by atoms with Gasteiger partial charge in [-0.25, -0.2) is 13.8 Å². The van der Waals surface area contributed by atoms with E-state index in [2.05, 4.69) is 4.98 Å². The van der Waals surface area contributed by atoms with Crippen molar-refractivity contribution in [1.29, 1.82) is 0 Å². The minimum absolute atomic E-state index is 0.169. The quantitative estimate of drug-likeness (QED) is 0.544. The van der Waals surface area contributed by atoms with E-state index in [0.717, 1.165) is 0 Å². The van der Waals surface area contributed by atoms with Gasteiger partial charge in [-0.1, -0.05) is 11.6 Å². The molecular weight excluding hydrogens is 248 g/mol. The minimum Gasteiger partial charge on any atom is -0.214 e. The first-order chi connectivity index (χ1) is 6.73. The maximum atomic E-state index is 12.5. The first kappa shape index (κ1) is 12.1. The van der Waals surface area contributed by atoms with Crippen molar-refractivity contribution in [3.63, 3.8) is 0 Å². The largest absolute Gasteiger partial charge is 0.434 e. The fraction of sp³-hybridized carbons (Fsp3) is 0.286. The van der Waals surface area contributed by atoms with Gasteiger partial charge in [-0.05, 0) is 0 Å². The molecule has 0 bridgehead atoms. The Bertz CT molecular complexity index is 374. The zero-order valence-corrected chi connectivity index (χ0v) is 7.50. The van der Waals surface area contributed by atoms with Gasteiger partial charge in [0.1, 0.15) is 0 Å². The predicted molar refractivity (Wildman–Crippen MR) is 39.2 cm³/mol. The molecule has 0 aromatic carbocycles. The van der Waals surface area contributed by atoms with Crippen LogP contribution in [-0.4, -0.2) is 4.98 Å². The second-order valence-electron chi connectivity index (χ2n) is 2.50. The van der Waals surface area contributed by atoms with Crippen LogP contribution in [0.5, 0.6) is 0 Å². The summed E-state index contributed by atoms with van der Waals surface area (Å²) in [5.74, 6) is -1.65. The Kier molecular flexibility index (Phi) is 3.13. The SMILES string of the molecule is Fc1cc(C(F)F)c(Cl)c(C(F)(F)F)n1. The molecule has 1 aromatic heterocycles. The molecule has 0 N–H and O–H groups in total. The predicted octanol–water partition coefficient (Wildman–Crippen LogP) is 3.83. The van der Waals surface area contributed by atoms with Crippen molar-refractivity contribution >= 4 is 11.6 Å². The molecule has 0 spiro atoms. The fourth-order valence-electron chi connectivity index (χ4n) is 0.863. The molecule has 1 rings (SSSR count). The number of hydrogen-bond acceptors (Lipinski definition) is 1. The third kappa shape index (κ3) is 2.53. The number of pyridine rings is 1. The van der Waals surface area contributed by atoms with Crippen LogP contribution < -0.4 is 0 Å². The van der Waals surface area contributed by atoms with E-state index in [1.165, 1.54) is 0 Å². The zero-order chi connectivity index (χ0) is 11.8. The van der Waals surface area contributed by atoms with Crippen LogP contribution in [0.1, 0.15) is 17.7 Å². The number of hydrogen-bond donors (Lipinski definition) is 0. The second-order valence-corrected chi connectivity index (χ2v) is 2.87. The molecule has 15 heavy (non-hydrogen) atoms. The average Bonchev–Trinajstić information content (AvgIpc) is 2.06. The topological polar surface area (TPSA) is 12.9 Å². The molecule has 0 aliphatic heterocycles. The highest BCUT2D eigenvalue weighted by Crippen LogP contribution is 2.37. The minimum atomic E-state index is -5.07. The molecule has 1 aromatic rings. The summed E-state index contributed by atoms with van der Waals surface area (Å²) in [7, 11) is 0. The number of rotatable bonds is 1. The van der Waals surface area contributed by atoms with Gasteiger partial charge < -0.3 is 0 Å². The van der Waals surface area contributed by atoms with Crippen LogP contribution in [0.4, 0.5) is 26.3 Å². The highest BCUT2D eigenvalue weighted by Gasteiger charge is 2.37. The van der Waals surface area contributed by atoms with Crippen LogP contribution >= 0.6 is 11.6 Å². The Labute approximate surface area is 84.7 Å². The van der Waals surface area contributed by atoms with Gasteiger partial charge in [0.15, 0.2) is 5.69 Å². The molecule has 0 amide bonds. The second kappa shape index (κ2) is 3.88. The molecule has 1 nitrogen and oxygen atoms in total. The molecule has 0 saturated heterocycles. The summed E-state index contributed by atoms with van der Waals surface area (Å²) in [6, 6.07) is 0.169. The van der Waals surface area contributed by atoms with E-state index in [9.17, 15) is 26.3 Å². The maximum absolute atomic E-state index is 12.5. The summed E-state index contributed by atoms with van der Waals surface area (Å²) in [6.07, 6.45) is -8.36. The van der Waals surface area contributed by atoms with Gasteiger partial charge in [0.2, 0.25) is 5.95 Å². The van der Waals surface area contributed by atoms with Gasteiger partial charge in [0.25, 0.3) is 6.43 Å². The van der Waals surface area contributed by atoms with E-state index in [-0.39, 0.29) is 6.07 Å². The Morgan fingerprint density at radius 3 is 2.20 bits per heavy atom. The van der Waals surface area contributed by atoms with Crippen molar-refractivity contribution in [3.8, 4) is 0 Å². The van der Waals surface area contributed by atoms with Crippen LogP contribution in [0.2, 0.25) is 5.02 Å². The molecule has 0 aliphatic rings. The lowest BCUT2D eigenvalue weighted by atomic mass is 10.2. The number of aromatic nitrogens is 1. The highest BCUT2D eigenvalue weighted by molar-refractivity contribution is 6.32. The summed E-state index contributed by atoms with van der Waals surface area (Å²) < 4.78 is 73.1. The first-order valence-electron chi connectivity index (χ1n) is 3.44. The maximum Gasteiger partial charge on any atom is 0.434 e. The molecule has 8 heteroatoms. The van der Waals surface area contributed by atoms with Crippen molar-refractivity contribution in [2.75, 3.05) is 0 Å². The summed E-state index contributed by atoms with van der Waals surface area (Å²) >= 11 is 5.03. The van der Waals surface area contributed by atoms with Crippen molar-refractivity contribution < 1.29 is 26.3 Å². The average molecular weight is 250 g/mol. The normalized spacial score (nSPS) is 12.3. The Balaban J connectivity index is 3.42. The Morgan fingerprint density at radius 2 is 1.80 bits per heavy atom. The summed E-state index contributed by atoms with van der Waals surface area (Å²) in [5.41, 5.74) is -3.07. The van der Waals surface area contributed by atoms with E-state index in [1.807, 2.05) is 0 Å². The summed E-state index contributed by atoms with van der Waals surface area (Å²) in [6.45, 7) is 0. The molecule has 0 aliphatic carbocycles. The number of nitrogens with zero attached hydrogens (tertiary/aromatic N) is 1. The molecule has 0 radical (unpaired) electrons. The van der Waals surface area contributed by atoms with E-state index in [4.69, 9.17) is 11.6 Å². The fourth-order valence-corrected chi connectivity index (χ4v) is 1.15. The van der Waals surface area contributed by atoms with Gasteiger partial charge in [0.05, 0.1) is 5.02 Å². The number of halogens is 7. The molecule has 84 valence electrons.